The van der Waals surface area contributed by atoms with Crippen LogP contribution in [0.15, 0.2) is 24.3 Å². The van der Waals surface area contributed by atoms with Crippen LogP contribution in [0.5, 0.6) is 0 Å². The third kappa shape index (κ3) is 3.71. The molecule has 0 atom stereocenters. The summed E-state index contributed by atoms with van der Waals surface area (Å²) in [6.07, 6.45) is 0. The molecule has 0 unspecified atom stereocenters. The maximum atomic E-state index is 13.1. The highest BCUT2D eigenvalue weighted by molar-refractivity contribution is 7.16. The molecule has 0 radical (unpaired) electrons. The zero-order valence-corrected chi connectivity index (χ0v) is 13.3. The monoisotopic (exact) mass is 321 g/mol. The molecule has 1 N–H and O–H groups in total. The number of esters is 1. The van der Waals surface area contributed by atoms with E-state index in [4.69, 9.17) is 4.74 Å². The first kappa shape index (κ1) is 16.2. The maximum Gasteiger partial charge on any atom is 0.341 e. The van der Waals surface area contributed by atoms with E-state index in [1.165, 1.54) is 30.4 Å². The number of carbonyl (C=O) groups is 2. The highest BCUT2D eigenvalue weighted by atomic mass is 32.1. The van der Waals surface area contributed by atoms with E-state index in [0.717, 1.165) is 10.4 Å². The highest BCUT2D eigenvalue weighted by Gasteiger charge is 2.21. The molecule has 4 nitrogen and oxygen atoms in total. The van der Waals surface area contributed by atoms with Gasteiger partial charge in [0.05, 0.1) is 5.56 Å². The van der Waals surface area contributed by atoms with Gasteiger partial charge in [-0.2, -0.15) is 0 Å². The number of thiophene rings is 1. The summed E-state index contributed by atoms with van der Waals surface area (Å²) in [5.74, 6) is -1.16. The fourth-order valence-electron chi connectivity index (χ4n) is 1.97. The molecule has 1 aromatic heterocycles. The van der Waals surface area contributed by atoms with E-state index < -0.39 is 5.97 Å². The lowest BCUT2D eigenvalue weighted by Gasteiger charge is -2.07. The Hall–Kier alpha value is -2.21. The van der Waals surface area contributed by atoms with Gasteiger partial charge in [0.15, 0.2) is 0 Å². The van der Waals surface area contributed by atoms with Gasteiger partial charge >= 0.3 is 5.97 Å². The summed E-state index contributed by atoms with van der Waals surface area (Å²) in [4.78, 5) is 24.4. The first-order valence-electron chi connectivity index (χ1n) is 6.67. The predicted molar refractivity (Wildman–Crippen MR) is 83.6 cm³/mol. The molecule has 0 saturated carbocycles. The van der Waals surface area contributed by atoms with Crippen LogP contribution < -0.4 is 5.32 Å². The molecular formula is C16H16FNO3S. The van der Waals surface area contributed by atoms with E-state index in [2.05, 4.69) is 5.32 Å². The smallest absolute Gasteiger partial charge is 0.341 e. The van der Waals surface area contributed by atoms with Crippen molar-refractivity contribution in [1.29, 1.82) is 0 Å². The third-order valence-corrected chi connectivity index (χ3v) is 4.26. The second-order valence-corrected chi connectivity index (χ2v) is 6.10. The number of hydrogen-bond acceptors (Lipinski definition) is 4. The van der Waals surface area contributed by atoms with Crippen LogP contribution in [0.4, 0.5) is 9.39 Å². The number of amides is 1. The number of aryl methyl sites for hydroxylation is 1. The molecule has 1 aromatic carbocycles. The average molecular weight is 321 g/mol. The Morgan fingerprint density at radius 2 is 2.05 bits per heavy atom. The molecule has 0 bridgehead atoms. The maximum absolute atomic E-state index is 13.1. The zero-order chi connectivity index (χ0) is 16.3. The summed E-state index contributed by atoms with van der Waals surface area (Å²) < 4.78 is 18.3. The minimum Gasteiger partial charge on any atom is -0.457 e. The van der Waals surface area contributed by atoms with Crippen molar-refractivity contribution < 1.29 is 18.7 Å². The minimum absolute atomic E-state index is 0.0234. The largest absolute Gasteiger partial charge is 0.457 e. The van der Waals surface area contributed by atoms with Gasteiger partial charge in [-0.05, 0) is 37.1 Å². The lowest BCUT2D eigenvalue weighted by Crippen LogP contribution is -2.12. The third-order valence-electron chi connectivity index (χ3n) is 3.14. The second-order valence-electron chi connectivity index (χ2n) is 4.87. The molecule has 0 fully saturated rings. The number of hydrogen-bond donors (Lipinski definition) is 1. The van der Waals surface area contributed by atoms with Crippen molar-refractivity contribution in [1.82, 2.24) is 0 Å². The van der Waals surface area contributed by atoms with Gasteiger partial charge < -0.3 is 10.1 Å². The van der Waals surface area contributed by atoms with E-state index in [1.54, 1.807) is 19.1 Å². The molecule has 0 aliphatic heterocycles. The molecule has 2 rings (SSSR count). The van der Waals surface area contributed by atoms with Crippen LogP contribution >= 0.6 is 11.3 Å². The fourth-order valence-corrected chi connectivity index (χ4v) is 3.06. The molecule has 0 spiro atoms. The van der Waals surface area contributed by atoms with Crippen LogP contribution in [0.25, 0.3) is 0 Å². The lowest BCUT2D eigenvalue weighted by atomic mass is 10.1. The molecular weight excluding hydrogens is 305 g/mol. The first-order valence-corrected chi connectivity index (χ1v) is 7.49. The fraction of sp³-hybridized carbons (Fsp3) is 0.250. The van der Waals surface area contributed by atoms with Crippen LogP contribution in [0.3, 0.4) is 0 Å². The molecule has 1 amide bonds. The number of anilines is 1. The van der Waals surface area contributed by atoms with Gasteiger partial charge in [0.25, 0.3) is 0 Å². The number of ether oxygens (including phenoxy) is 1. The van der Waals surface area contributed by atoms with E-state index in [-0.39, 0.29) is 18.3 Å². The van der Waals surface area contributed by atoms with Crippen LogP contribution in [-0.4, -0.2) is 11.9 Å². The van der Waals surface area contributed by atoms with Crippen molar-refractivity contribution in [3.8, 4) is 0 Å². The first-order chi connectivity index (χ1) is 10.4. The lowest BCUT2D eigenvalue weighted by molar-refractivity contribution is -0.114. The normalized spacial score (nSPS) is 10.4. The Balaban J connectivity index is 2.17. The van der Waals surface area contributed by atoms with E-state index >= 15 is 0 Å². The average Bonchev–Trinajstić information content (AvgIpc) is 2.70. The van der Waals surface area contributed by atoms with Crippen LogP contribution in [0, 0.1) is 19.7 Å². The van der Waals surface area contributed by atoms with Crippen molar-refractivity contribution in [2.24, 2.45) is 0 Å². The number of halogens is 1. The summed E-state index contributed by atoms with van der Waals surface area (Å²) in [7, 11) is 0. The number of carbonyl (C=O) groups excluding carboxylic acids is 2. The molecule has 1 heterocycles. The Labute approximate surface area is 131 Å². The standard InChI is InChI=1S/C16H16FNO3S/c1-9-10(2)22-15(18-11(3)19)14(9)16(20)21-8-12-5-4-6-13(17)7-12/h4-7H,8H2,1-3H3,(H,18,19). The molecule has 6 heteroatoms. The Morgan fingerprint density at radius 3 is 2.68 bits per heavy atom. The molecule has 116 valence electrons. The molecule has 22 heavy (non-hydrogen) atoms. The summed E-state index contributed by atoms with van der Waals surface area (Å²) in [6.45, 7) is 5.03. The van der Waals surface area contributed by atoms with E-state index in [9.17, 15) is 14.0 Å². The number of nitrogens with one attached hydrogen (secondary N) is 1. The van der Waals surface area contributed by atoms with Gasteiger partial charge in [0.1, 0.15) is 17.4 Å². The minimum atomic E-state index is -0.533. The highest BCUT2D eigenvalue weighted by Crippen LogP contribution is 2.33. The van der Waals surface area contributed by atoms with E-state index in [0.29, 0.717) is 16.1 Å². The second kappa shape index (κ2) is 6.70. The van der Waals surface area contributed by atoms with Crippen molar-refractivity contribution in [3.05, 3.63) is 51.7 Å². The molecule has 0 aliphatic carbocycles. The summed E-state index contributed by atoms with van der Waals surface area (Å²) in [5, 5.41) is 3.12. The molecule has 0 saturated heterocycles. The summed E-state index contributed by atoms with van der Waals surface area (Å²) >= 11 is 1.33. The SMILES string of the molecule is CC(=O)Nc1sc(C)c(C)c1C(=O)OCc1cccc(F)c1. The van der Waals surface area contributed by atoms with Crippen molar-refractivity contribution >= 4 is 28.2 Å². The van der Waals surface area contributed by atoms with Crippen LogP contribution in [0.2, 0.25) is 0 Å². The Bertz CT molecular complexity index is 724. The van der Waals surface area contributed by atoms with Gasteiger partial charge in [0, 0.05) is 11.8 Å². The van der Waals surface area contributed by atoms with Crippen molar-refractivity contribution in [2.75, 3.05) is 5.32 Å². The Morgan fingerprint density at radius 1 is 1.32 bits per heavy atom. The Kier molecular flexibility index (Phi) is 4.92. The van der Waals surface area contributed by atoms with Gasteiger partial charge in [-0.25, -0.2) is 9.18 Å². The van der Waals surface area contributed by atoms with Gasteiger partial charge in [-0.15, -0.1) is 11.3 Å². The van der Waals surface area contributed by atoms with Gasteiger partial charge in [-0.3, -0.25) is 4.79 Å². The number of benzene rings is 1. The quantitative estimate of drug-likeness (QED) is 0.871. The van der Waals surface area contributed by atoms with E-state index in [1.807, 2.05) is 6.92 Å². The van der Waals surface area contributed by atoms with Crippen molar-refractivity contribution in [2.45, 2.75) is 27.4 Å². The molecule has 0 aliphatic rings. The topological polar surface area (TPSA) is 55.4 Å². The molecule has 2 aromatic rings. The summed E-state index contributed by atoms with van der Waals surface area (Å²) in [5.41, 5.74) is 1.70. The zero-order valence-electron chi connectivity index (χ0n) is 12.5. The predicted octanol–water partition coefficient (Wildman–Crippen LogP) is 3.82. The van der Waals surface area contributed by atoms with Crippen LogP contribution in [-0.2, 0) is 16.1 Å². The van der Waals surface area contributed by atoms with Gasteiger partial charge in [0.2, 0.25) is 5.91 Å². The number of rotatable bonds is 4. The van der Waals surface area contributed by atoms with Gasteiger partial charge in [-0.1, -0.05) is 12.1 Å². The van der Waals surface area contributed by atoms with Crippen LogP contribution in [0.1, 0.15) is 33.3 Å². The summed E-state index contributed by atoms with van der Waals surface area (Å²) in [6, 6.07) is 5.87. The van der Waals surface area contributed by atoms with Crippen molar-refractivity contribution in [3.63, 3.8) is 0 Å².